The second kappa shape index (κ2) is 4.51. The van der Waals surface area contributed by atoms with Crippen LogP contribution in [0, 0.1) is 0 Å². The predicted molar refractivity (Wildman–Crippen MR) is 46.7 cm³/mol. The van der Waals surface area contributed by atoms with Crippen molar-refractivity contribution in [3.8, 4) is 0 Å². The van der Waals surface area contributed by atoms with Crippen molar-refractivity contribution in [3.63, 3.8) is 0 Å². The van der Waals surface area contributed by atoms with Crippen molar-refractivity contribution in [2.24, 2.45) is 5.16 Å². The van der Waals surface area contributed by atoms with Gasteiger partial charge in [0.25, 0.3) is 0 Å². The normalized spacial score (nSPS) is 11.3. The maximum Gasteiger partial charge on any atom is 0.0878 e. The van der Waals surface area contributed by atoms with E-state index in [0.29, 0.717) is 0 Å². The van der Waals surface area contributed by atoms with Crippen molar-refractivity contribution in [2.45, 2.75) is 6.92 Å². The number of hydrogen-bond donors (Lipinski definition) is 0. The molecular formula is C9H11NO2. The Morgan fingerprint density at radius 1 is 1.25 bits per heavy atom. The Balaban J connectivity index is 2.71. The summed E-state index contributed by atoms with van der Waals surface area (Å²) in [6.45, 7) is 1.86. The first-order valence-electron chi connectivity index (χ1n) is 3.64. The number of oxime groups is 1. The van der Waals surface area contributed by atoms with Gasteiger partial charge in [-0.2, -0.15) is 4.89 Å². The molecule has 0 amide bonds. The van der Waals surface area contributed by atoms with E-state index in [-0.39, 0.29) is 0 Å². The van der Waals surface area contributed by atoms with E-state index in [1.165, 1.54) is 7.11 Å². The lowest BCUT2D eigenvalue weighted by molar-refractivity contribution is -0.273. The molecule has 1 rings (SSSR count). The second-order valence-electron chi connectivity index (χ2n) is 2.28. The fraction of sp³-hybridized carbons (Fsp3) is 0.222. The van der Waals surface area contributed by atoms with Crippen LogP contribution in [0.3, 0.4) is 0 Å². The molecule has 0 aromatic heterocycles. The zero-order valence-electron chi connectivity index (χ0n) is 7.15. The Hall–Kier alpha value is -1.35. The van der Waals surface area contributed by atoms with Gasteiger partial charge in [0.05, 0.1) is 12.8 Å². The van der Waals surface area contributed by atoms with Gasteiger partial charge in [-0.15, -0.1) is 0 Å². The van der Waals surface area contributed by atoms with E-state index in [0.717, 1.165) is 11.3 Å². The van der Waals surface area contributed by atoms with Crippen LogP contribution in [0.15, 0.2) is 35.5 Å². The molecule has 3 nitrogen and oxygen atoms in total. The third kappa shape index (κ3) is 2.36. The van der Waals surface area contributed by atoms with Gasteiger partial charge in [0.1, 0.15) is 0 Å². The van der Waals surface area contributed by atoms with E-state index < -0.39 is 0 Å². The summed E-state index contributed by atoms with van der Waals surface area (Å²) in [4.78, 5) is 8.78. The third-order valence-electron chi connectivity index (χ3n) is 1.44. The van der Waals surface area contributed by atoms with Crippen molar-refractivity contribution in [1.82, 2.24) is 0 Å². The fourth-order valence-electron chi connectivity index (χ4n) is 0.825. The van der Waals surface area contributed by atoms with Gasteiger partial charge in [0.15, 0.2) is 0 Å². The van der Waals surface area contributed by atoms with Gasteiger partial charge >= 0.3 is 0 Å². The number of benzene rings is 1. The van der Waals surface area contributed by atoms with Crippen LogP contribution in [0.4, 0.5) is 0 Å². The van der Waals surface area contributed by atoms with Crippen LogP contribution in [-0.2, 0) is 9.88 Å². The van der Waals surface area contributed by atoms with Crippen molar-refractivity contribution in [1.29, 1.82) is 0 Å². The van der Waals surface area contributed by atoms with Crippen LogP contribution >= 0.6 is 0 Å². The standard InChI is InChI=1S/C9H11NO2/c1-8(10-12-11-2)9-6-4-3-5-7-9/h3-7H,1-2H3. The Kier molecular flexibility index (Phi) is 3.29. The van der Waals surface area contributed by atoms with Crippen LogP contribution in [0.25, 0.3) is 0 Å². The molecule has 1 aromatic carbocycles. The van der Waals surface area contributed by atoms with Gasteiger partial charge < -0.3 is 0 Å². The molecular weight excluding hydrogens is 154 g/mol. The Morgan fingerprint density at radius 3 is 2.50 bits per heavy atom. The van der Waals surface area contributed by atoms with Crippen molar-refractivity contribution >= 4 is 5.71 Å². The van der Waals surface area contributed by atoms with Gasteiger partial charge in [0.2, 0.25) is 0 Å². The minimum absolute atomic E-state index is 0.789. The van der Waals surface area contributed by atoms with E-state index in [9.17, 15) is 0 Å². The third-order valence-corrected chi connectivity index (χ3v) is 1.44. The Labute approximate surface area is 71.5 Å². The first-order valence-corrected chi connectivity index (χ1v) is 3.64. The number of nitrogens with zero attached hydrogens (tertiary/aromatic N) is 1. The molecule has 0 aliphatic rings. The molecule has 12 heavy (non-hydrogen) atoms. The first kappa shape index (κ1) is 8.74. The summed E-state index contributed by atoms with van der Waals surface area (Å²) < 4.78 is 0. The van der Waals surface area contributed by atoms with Crippen LogP contribution < -0.4 is 0 Å². The molecule has 0 saturated carbocycles. The summed E-state index contributed by atoms with van der Waals surface area (Å²) in [5.74, 6) is 0. The summed E-state index contributed by atoms with van der Waals surface area (Å²) in [5.41, 5.74) is 1.81. The van der Waals surface area contributed by atoms with E-state index >= 15 is 0 Å². The van der Waals surface area contributed by atoms with Crippen molar-refractivity contribution in [2.75, 3.05) is 7.11 Å². The molecule has 1 aromatic rings. The maximum absolute atomic E-state index is 4.44. The topological polar surface area (TPSA) is 30.8 Å². The Morgan fingerprint density at radius 2 is 1.92 bits per heavy atom. The van der Waals surface area contributed by atoms with Gasteiger partial charge in [0, 0.05) is 0 Å². The van der Waals surface area contributed by atoms with E-state index in [1.807, 2.05) is 37.3 Å². The monoisotopic (exact) mass is 165 g/mol. The summed E-state index contributed by atoms with van der Waals surface area (Å²) in [6.07, 6.45) is 0. The zero-order valence-corrected chi connectivity index (χ0v) is 7.15. The quantitative estimate of drug-likeness (QED) is 0.389. The van der Waals surface area contributed by atoms with E-state index in [1.54, 1.807) is 0 Å². The van der Waals surface area contributed by atoms with Gasteiger partial charge in [-0.3, -0.25) is 0 Å². The maximum atomic E-state index is 4.44. The lowest BCUT2D eigenvalue weighted by Gasteiger charge is -1.97. The Bertz CT molecular complexity index is 256. The highest BCUT2D eigenvalue weighted by atomic mass is 17.3. The molecule has 64 valence electrons. The van der Waals surface area contributed by atoms with Crippen LogP contribution in [-0.4, -0.2) is 12.8 Å². The average molecular weight is 165 g/mol. The summed E-state index contributed by atoms with van der Waals surface area (Å²) >= 11 is 0. The highest BCUT2D eigenvalue weighted by Crippen LogP contribution is 2.00. The van der Waals surface area contributed by atoms with Gasteiger partial charge in [-0.25, -0.2) is 4.99 Å². The molecule has 0 atom stereocenters. The molecule has 0 N–H and O–H groups in total. The largest absolute Gasteiger partial charge is 0.221 e. The highest BCUT2D eigenvalue weighted by Gasteiger charge is 1.94. The smallest absolute Gasteiger partial charge is 0.0878 e. The summed E-state index contributed by atoms with van der Waals surface area (Å²) in [5, 5.41) is 3.71. The van der Waals surface area contributed by atoms with E-state index in [4.69, 9.17) is 0 Å². The molecule has 0 spiro atoms. The average Bonchev–Trinajstić information content (AvgIpc) is 2.15. The van der Waals surface area contributed by atoms with Crippen LogP contribution in [0.5, 0.6) is 0 Å². The van der Waals surface area contributed by atoms with Crippen molar-refractivity contribution in [3.05, 3.63) is 35.9 Å². The van der Waals surface area contributed by atoms with Crippen LogP contribution in [0.2, 0.25) is 0 Å². The minimum atomic E-state index is 0.789. The van der Waals surface area contributed by atoms with Crippen LogP contribution in [0.1, 0.15) is 12.5 Å². The molecule has 0 aliphatic heterocycles. The minimum Gasteiger partial charge on any atom is -0.221 e. The zero-order chi connectivity index (χ0) is 8.81. The molecule has 3 heteroatoms. The molecule has 0 heterocycles. The first-order chi connectivity index (χ1) is 5.84. The van der Waals surface area contributed by atoms with Crippen molar-refractivity contribution < 1.29 is 9.88 Å². The SMILES string of the molecule is COON=C(C)c1ccccc1. The number of hydrogen-bond acceptors (Lipinski definition) is 3. The number of rotatable bonds is 3. The van der Waals surface area contributed by atoms with Gasteiger partial charge in [-0.1, -0.05) is 30.3 Å². The lowest BCUT2D eigenvalue weighted by atomic mass is 10.1. The molecule has 0 bridgehead atoms. The lowest BCUT2D eigenvalue weighted by Crippen LogP contribution is -1.95. The fourth-order valence-corrected chi connectivity index (χ4v) is 0.825. The highest BCUT2D eigenvalue weighted by molar-refractivity contribution is 5.98. The molecule has 0 aliphatic carbocycles. The van der Waals surface area contributed by atoms with E-state index in [2.05, 4.69) is 15.0 Å². The molecule has 0 fully saturated rings. The molecule has 0 unspecified atom stereocenters. The predicted octanol–water partition coefficient (Wildman–Crippen LogP) is 1.99. The summed E-state index contributed by atoms with van der Waals surface area (Å²) in [6, 6.07) is 9.76. The summed E-state index contributed by atoms with van der Waals surface area (Å²) in [7, 11) is 1.42. The second-order valence-corrected chi connectivity index (χ2v) is 2.28. The van der Waals surface area contributed by atoms with Gasteiger partial charge in [-0.05, 0) is 17.6 Å². The molecule has 0 saturated heterocycles. The molecule has 0 radical (unpaired) electrons.